The summed E-state index contributed by atoms with van der Waals surface area (Å²) < 4.78 is 7.05. The molecule has 2 aliphatic rings. The maximum Gasteiger partial charge on any atom is 0.319 e. The Morgan fingerprint density at radius 1 is 1.26 bits per heavy atom. The minimum Gasteiger partial charge on any atom is -0.467 e. The van der Waals surface area contributed by atoms with E-state index < -0.39 is 5.72 Å². The van der Waals surface area contributed by atoms with Crippen molar-refractivity contribution in [3.05, 3.63) is 66.5 Å². The molecule has 2 aliphatic heterocycles. The van der Waals surface area contributed by atoms with E-state index in [4.69, 9.17) is 4.74 Å². The van der Waals surface area contributed by atoms with Crippen LogP contribution in [0.15, 0.2) is 60.9 Å². The van der Waals surface area contributed by atoms with Crippen molar-refractivity contribution in [2.45, 2.75) is 32.4 Å². The molecule has 0 atom stereocenters. The van der Waals surface area contributed by atoms with Crippen LogP contribution in [0.1, 0.15) is 25.3 Å². The molecule has 1 aromatic heterocycles. The Bertz CT molecular complexity index is 1130. The molecule has 2 aromatic rings. The van der Waals surface area contributed by atoms with Gasteiger partial charge in [-0.05, 0) is 36.9 Å². The van der Waals surface area contributed by atoms with Crippen molar-refractivity contribution in [2.75, 3.05) is 25.0 Å². The number of anilines is 1. The van der Waals surface area contributed by atoms with Gasteiger partial charge in [0.1, 0.15) is 10.8 Å². The standard InChI is InChI=1S/C13H16N2O3.C12H14N2OS/c1-3-10-11(4-2)18-13(14-12(10)17)5-7-15(9-16)8-6-13;1-3-13-12(15)14-11-8(2)9-6-4-5-7-10(9)16-11/h3-4,9H,1-2,5-8H2,(H,14,17);4-7H,3H2,1-2H3,(H2,13,14,15). The van der Waals surface area contributed by atoms with Crippen LogP contribution in [0.2, 0.25) is 0 Å². The molecule has 0 saturated carbocycles. The zero-order valence-electron chi connectivity index (χ0n) is 19.5. The summed E-state index contributed by atoms with van der Waals surface area (Å²) in [5.74, 6) is 0.249. The first kappa shape index (κ1) is 25.0. The first-order valence-corrected chi connectivity index (χ1v) is 11.9. The number of carbonyl (C=O) groups is 3. The highest BCUT2D eigenvalue weighted by molar-refractivity contribution is 7.23. The molecule has 34 heavy (non-hydrogen) atoms. The summed E-state index contributed by atoms with van der Waals surface area (Å²) in [6.07, 6.45) is 4.93. The third kappa shape index (κ3) is 5.48. The molecule has 8 nitrogen and oxygen atoms in total. The van der Waals surface area contributed by atoms with Gasteiger partial charge in [-0.2, -0.15) is 0 Å². The zero-order chi connectivity index (χ0) is 24.7. The fourth-order valence-electron chi connectivity index (χ4n) is 3.84. The van der Waals surface area contributed by atoms with E-state index in [0.29, 0.717) is 43.8 Å². The summed E-state index contributed by atoms with van der Waals surface area (Å²) in [6, 6.07) is 8.02. The summed E-state index contributed by atoms with van der Waals surface area (Å²) in [6.45, 7) is 12.9. The van der Waals surface area contributed by atoms with Crippen molar-refractivity contribution < 1.29 is 19.1 Å². The fraction of sp³-hybridized carbons (Fsp3) is 0.320. The first-order chi connectivity index (χ1) is 16.4. The second-order valence-corrected chi connectivity index (χ2v) is 8.97. The summed E-state index contributed by atoms with van der Waals surface area (Å²) in [5, 5.41) is 10.6. The molecule has 180 valence electrons. The minimum atomic E-state index is -0.716. The van der Waals surface area contributed by atoms with E-state index in [1.165, 1.54) is 22.2 Å². The smallest absolute Gasteiger partial charge is 0.319 e. The highest BCUT2D eigenvalue weighted by atomic mass is 32.1. The van der Waals surface area contributed by atoms with Gasteiger partial charge in [0.15, 0.2) is 5.72 Å². The van der Waals surface area contributed by atoms with Gasteiger partial charge >= 0.3 is 6.03 Å². The molecular formula is C25H30N4O4S. The van der Waals surface area contributed by atoms with Gasteiger partial charge < -0.3 is 20.3 Å². The van der Waals surface area contributed by atoms with Crippen LogP contribution in [0, 0.1) is 6.92 Å². The molecule has 3 N–H and O–H groups in total. The van der Waals surface area contributed by atoms with Crippen LogP contribution in [-0.2, 0) is 14.3 Å². The number of likely N-dealkylation sites (tertiary alicyclic amines) is 1. The van der Waals surface area contributed by atoms with Gasteiger partial charge in [-0.3, -0.25) is 14.9 Å². The predicted octanol–water partition coefficient (Wildman–Crippen LogP) is 4.06. The van der Waals surface area contributed by atoms with Crippen LogP contribution >= 0.6 is 11.3 Å². The number of nitrogens with zero attached hydrogens (tertiary/aromatic N) is 1. The number of urea groups is 1. The quantitative estimate of drug-likeness (QED) is 0.560. The number of carbonyl (C=O) groups excluding carboxylic acids is 3. The Kier molecular flexibility index (Phi) is 8.12. The summed E-state index contributed by atoms with van der Waals surface area (Å²) in [7, 11) is 0. The minimum absolute atomic E-state index is 0.142. The lowest BCUT2D eigenvalue weighted by atomic mass is 9.97. The Morgan fingerprint density at radius 3 is 2.56 bits per heavy atom. The maximum absolute atomic E-state index is 12.0. The van der Waals surface area contributed by atoms with Crippen LogP contribution in [0.5, 0.6) is 0 Å². The number of benzene rings is 1. The number of nitrogens with one attached hydrogen (secondary N) is 3. The lowest BCUT2D eigenvalue weighted by molar-refractivity contribution is -0.138. The van der Waals surface area contributed by atoms with Crippen LogP contribution < -0.4 is 16.0 Å². The number of hydrogen-bond donors (Lipinski definition) is 3. The van der Waals surface area contributed by atoms with Gasteiger partial charge in [0.2, 0.25) is 6.41 Å². The zero-order valence-corrected chi connectivity index (χ0v) is 20.3. The van der Waals surface area contributed by atoms with E-state index >= 15 is 0 Å². The van der Waals surface area contributed by atoms with E-state index in [0.717, 1.165) is 17.0 Å². The third-order valence-corrected chi connectivity index (χ3v) is 6.90. The van der Waals surface area contributed by atoms with Gasteiger partial charge in [0.25, 0.3) is 5.91 Å². The third-order valence-electron chi connectivity index (χ3n) is 5.71. The molecule has 1 spiro atoms. The fourth-order valence-corrected chi connectivity index (χ4v) is 4.95. The number of hydrogen-bond acceptors (Lipinski definition) is 5. The molecule has 0 aliphatic carbocycles. The number of allylic oxidation sites excluding steroid dienone is 1. The monoisotopic (exact) mass is 482 g/mol. The van der Waals surface area contributed by atoms with Crippen molar-refractivity contribution in [3.8, 4) is 0 Å². The number of piperidine rings is 1. The number of amides is 4. The summed E-state index contributed by atoms with van der Waals surface area (Å²) in [5.41, 5.74) is 0.812. The van der Waals surface area contributed by atoms with Crippen molar-refractivity contribution >= 4 is 44.8 Å². The van der Waals surface area contributed by atoms with Gasteiger partial charge in [0.05, 0.1) is 5.57 Å². The van der Waals surface area contributed by atoms with Gasteiger partial charge in [-0.25, -0.2) is 4.79 Å². The molecule has 1 aromatic carbocycles. The lowest BCUT2D eigenvalue weighted by Gasteiger charge is -2.43. The molecule has 0 unspecified atom stereocenters. The number of fused-ring (bicyclic) bond motifs is 1. The second-order valence-electron chi connectivity index (χ2n) is 7.91. The second kappa shape index (κ2) is 11.0. The Labute approximate surface area is 203 Å². The topological polar surface area (TPSA) is 99.8 Å². The molecule has 4 rings (SSSR count). The van der Waals surface area contributed by atoms with E-state index in [1.807, 2.05) is 26.0 Å². The van der Waals surface area contributed by atoms with Crippen LogP contribution in [0.25, 0.3) is 10.1 Å². The van der Waals surface area contributed by atoms with Crippen LogP contribution in [-0.4, -0.2) is 48.6 Å². The maximum atomic E-state index is 12.0. The number of aryl methyl sites for hydroxylation is 1. The molecule has 0 bridgehead atoms. The Hall–Kier alpha value is -3.59. The number of ether oxygens (including phenoxy) is 1. The Balaban J connectivity index is 0.000000192. The summed E-state index contributed by atoms with van der Waals surface area (Å²) in [4.78, 5) is 35.7. The normalized spacial score (nSPS) is 16.6. The lowest BCUT2D eigenvalue weighted by Crippen LogP contribution is -2.59. The Morgan fingerprint density at radius 2 is 1.97 bits per heavy atom. The molecule has 1 fully saturated rings. The number of rotatable bonds is 5. The highest BCUT2D eigenvalue weighted by Crippen LogP contribution is 2.34. The largest absolute Gasteiger partial charge is 0.467 e. The van der Waals surface area contributed by atoms with Gasteiger partial charge in [0, 0.05) is 37.2 Å². The van der Waals surface area contributed by atoms with Crippen molar-refractivity contribution in [1.29, 1.82) is 0 Å². The van der Waals surface area contributed by atoms with Crippen molar-refractivity contribution in [2.24, 2.45) is 0 Å². The molecule has 3 heterocycles. The molecule has 1 saturated heterocycles. The van der Waals surface area contributed by atoms with Crippen LogP contribution in [0.4, 0.5) is 9.80 Å². The first-order valence-electron chi connectivity index (χ1n) is 11.1. The SMILES string of the molecule is C=CC1=C(C=C)C(=O)NC2(CCN(C=O)CC2)O1.CCNC(=O)Nc1sc2ccccc2c1C. The van der Waals surface area contributed by atoms with Gasteiger partial charge in [-0.15, -0.1) is 11.3 Å². The highest BCUT2D eigenvalue weighted by Gasteiger charge is 2.42. The molecular weight excluding hydrogens is 452 g/mol. The predicted molar refractivity (Wildman–Crippen MR) is 136 cm³/mol. The van der Waals surface area contributed by atoms with Crippen molar-refractivity contribution in [1.82, 2.24) is 15.5 Å². The average molecular weight is 483 g/mol. The molecule has 4 amide bonds. The number of thiophene rings is 1. The van der Waals surface area contributed by atoms with E-state index in [9.17, 15) is 14.4 Å². The van der Waals surface area contributed by atoms with E-state index in [2.05, 4.69) is 41.2 Å². The van der Waals surface area contributed by atoms with E-state index in [-0.39, 0.29) is 11.9 Å². The van der Waals surface area contributed by atoms with Gasteiger partial charge in [-0.1, -0.05) is 37.4 Å². The molecule has 0 radical (unpaired) electrons. The van der Waals surface area contributed by atoms with Crippen molar-refractivity contribution in [3.63, 3.8) is 0 Å². The average Bonchev–Trinajstić information content (AvgIpc) is 3.15. The molecule has 9 heteroatoms. The summed E-state index contributed by atoms with van der Waals surface area (Å²) >= 11 is 1.61. The van der Waals surface area contributed by atoms with E-state index in [1.54, 1.807) is 16.2 Å². The van der Waals surface area contributed by atoms with Crippen LogP contribution in [0.3, 0.4) is 0 Å².